The number of aliphatic carboxylic acids is 1. The van der Waals surface area contributed by atoms with E-state index in [9.17, 15) is 9.59 Å². The van der Waals surface area contributed by atoms with Crippen LogP contribution in [-0.4, -0.2) is 41.0 Å². The highest BCUT2D eigenvalue weighted by atomic mass is 79.9. The van der Waals surface area contributed by atoms with Crippen molar-refractivity contribution in [1.29, 1.82) is 0 Å². The van der Waals surface area contributed by atoms with Crippen molar-refractivity contribution in [2.45, 2.75) is 26.3 Å². The standard InChI is InChI=1S/C14H19BrN2O3/c1-3-10(2)17(9-14(19)20)8-13(18)16-12-7-5-4-6-11(12)15/h4-7,10H,3,8-9H2,1-2H3,(H,16,18)(H,19,20). The van der Waals surface area contributed by atoms with Crippen LogP contribution in [0.3, 0.4) is 0 Å². The number of hydrogen-bond donors (Lipinski definition) is 2. The van der Waals surface area contributed by atoms with Crippen LogP contribution in [0.5, 0.6) is 0 Å². The molecule has 0 aromatic heterocycles. The van der Waals surface area contributed by atoms with Gasteiger partial charge in [0.2, 0.25) is 5.91 Å². The summed E-state index contributed by atoms with van der Waals surface area (Å²) >= 11 is 3.35. The van der Waals surface area contributed by atoms with E-state index in [2.05, 4.69) is 21.2 Å². The number of benzene rings is 1. The van der Waals surface area contributed by atoms with E-state index >= 15 is 0 Å². The zero-order chi connectivity index (χ0) is 15.1. The Morgan fingerprint density at radius 3 is 2.55 bits per heavy atom. The zero-order valence-electron chi connectivity index (χ0n) is 11.6. The SMILES string of the molecule is CCC(C)N(CC(=O)O)CC(=O)Nc1ccccc1Br. The van der Waals surface area contributed by atoms with E-state index in [-0.39, 0.29) is 25.0 Å². The lowest BCUT2D eigenvalue weighted by molar-refractivity contribution is -0.139. The van der Waals surface area contributed by atoms with Gasteiger partial charge in [-0.1, -0.05) is 19.1 Å². The molecule has 0 aliphatic heterocycles. The van der Waals surface area contributed by atoms with Crippen molar-refractivity contribution >= 4 is 33.5 Å². The van der Waals surface area contributed by atoms with Crippen LogP contribution >= 0.6 is 15.9 Å². The van der Waals surface area contributed by atoms with Gasteiger partial charge < -0.3 is 10.4 Å². The van der Waals surface area contributed by atoms with Gasteiger partial charge in [-0.3, -0.25) is 14.5 Å². The number of amides is 1. The molecule has 1 atom stereocenters. The van der Waals surface area contributed by atoms with Crippen LogP contribution in [0.4, 0.5) is 5.69 Å². The van der Waals surface area contributed by atoms with Gasteiger partial charge in [0.05, 0.1) is 18.8 Å². The van der Waals surface area contributed by atoms with Crippen molar-refractivity contribution in [3.05, 3.63) is 28.7 Å². The Bertz CT molecular complexity index is 479. The summed E-state index contributed by atoms with van der Waals surface area (Å²) in [5.41, 5.74) is 0.678. The highest BCUT2D eigenvalue weighted by Crippen LogP contribution is 2.21. The summed E-state index contributed by atoms with van der Waals surface area (Å²) in [6, 6.07) is 7.34. The summed E-state index contributed by atoms with van der Waals surface area (Å²) in [6.45, 7) is 3.79. The first kappa shape index (κ1) is 16.7. The first-order valence-corrected chi connectivity index (χ1v) is 7.23. The Morgan fingerprint density at radius 1 is 1.35 bits per heavy atom. The monoisotopic (exact) mass is 342 g/mol. The molecule has 0 fully saturated rings. The van der Waals surface area contributed by atoms with Crippen LogP contribution in [0.25, 0.3) is 0 Å². The second-order valence-electron chi connectivity index (χ2n) is 4.58. The summed E-state index contributed by atoms with van der Waals surface area (Å²) in [5, 5.41) is 11.7. The van der Waals surface area contributed by atoms with E-state index in [4.69, 9.17) is 5.11 Å². The lowest BCUT2D eigenvalue weighted by Gasteiger charge is -2.25. The first-order valence-electron chi connectivity index (χ1n) is 6.44. The molecule has 1 rings (SSSR count). The third kappa shape index (κ3) is 5.30. The van der Waals surface area contributed by atoms with Crippen LogP contribution in [0, 0.1) is 0 Å². The molecule has 0 saturated heterocycles. The van der Waals surface area contributed by atoms with E-state index < -0.39 is 5.97 Å². The number of anilines is 1. The molecule has 0 saturated carbocycles. The van der Waals surface area contributed by atoms with Crippen molar-refractivity contribution in [3.63, 3.8) is 0 Å². The Balaban J connectivity index is 2.66. The molecule has 6 heteroatoms. The van der Waals surface area contributed by atoms with Crippen LogP contribution in [0.2, 0.25) is 0 Å². The molecular formula is C14H19BrN2O3. The predicted molar refractivity (Wildman–Crippen MR) is 81.7 cm³/mol. The quantitative estimate of drug-likeness (QED) is 0.798. The fourth-order valence-corrected chi connectivity index (χ4v) is 2.12. The minimum absolute atomic E-state index is 0.0380. The summed E-state index contributed by atoms with van der Waals surface area (Å²) in [6.07, 6.45) is 0.787. The number of carbonyl (C=O) groups is 2. The van der Waals surface area contributed by atoms with Gasteiger partial charge in [0, 0.05) is 10.5 Å². The molecule has 0 radical (unpaired) electrons. The number of halogens is 1. The molecule has 1 amide bonds. The highest BCUT2D eigenvalue weighted by Gasteiger charge is 2.19. The number of nitrogens with one attached hydrogen (secondary N) is 1. The molecular weight excluding hydrogens is 324 g/mol. The number of carboxylic acid groups (broad SMARTS) is 1. The first-order chi connectivity index (χ1) is 9.43. The van der Waals surface area contributed by atoms with E-state index in [0.717, 1.165) is 10.9 Å². The zero-order valence-corrected chi connectivity index (χ0v) is 13.2. The second kappa shape index (κ2) is 8.01. The largest absolute Gasteiger partial charge is 0.480 e. The molecule has 1 unspecified atom stereocenters. The fraction of sp³-hybridized carbons (Fsp3) is 0.429. The topological polar surface area (TPSA) is 69.6 Å². The molecule has 0 aliphatic carbocycles. The van der Waals surface area contributed by atoms with Crippen LogP contribution < -0.4 is 5.32 Å². The van der Waals surface area contributed by atoms with Crippen LogP contribution in [0.1, 0.15) is 20.3 Å². The number of carbonyl (C=O) groups excluding carboxylic acids is 1. The summed E-state index contributed by atoms with van der Waals surface area (Å²) in [5.74, 6) is -1.16. The Kier molecular flexibility index (Phi) is 6.67. The van der Waals surface area contributed by atoms with Gasteiger partial charge >= 0.3 is 5.97 Å². The van der Waals surface area contributed by atoms with Gasteiger partial charge in [-0.05, 0) is 41.4 Å². The molecule has 2 N–H and O–H groups in total. The predicted octanol–water partition coefficient (Wildman–Crippen LogP) is 2.57. The molecule has 0 aliphatic rings. The van der Waals surface area contributed by atoms with E-state index in [0.29, 0.717) is 5.69 Å². The summed E-state index contributed by atoms with van der Waals surface area (Å²) in [4.78, 5) is 24.5. The molecule has 0 bridgehead atoms. The minimum atomic E-state index is -0.931. The maximum absolute atomic E-state index is 12.0. The number of rotatable bonds is 7. The van der Waals surface area contributed by atoms with Gasteiger partial charge in [-0.25, -0.2) is 0 Å². The average molecular weight is 343 g/mol. The maximum atomic E-state index is 12.0. The molecule has 0 spiro atoms. The Hall–Kier alpha value is -1.40. The van der Waals surface area contributed by atoms with Crippen molar-refractivity contribution in [2.75, 3.05) is 18.4 Å². The number of carboxylic acids is 1. The number of hydrogen-bond acceptors (Lipinski definition) is 3. The van der Waals surface area contributed by atoms with Crippen LogP contribution in [-0.2, 0) is 9.59 Å². The number of para-hydroxylation sites is 1. The molecule has 110 valence electrons. The van der Waals surface area contributed by atoms with Gasteiger partial charge in [0.1, 0.15) is 0 Å². The average Bonchev–Trinajstić information content (AvgIpc) is 2.39. The van der Waals surface area contributed by atoms with Gasteiger partial charge in [0.15, 0.2) is 0 Å². The maximum Gasteiger partial charge on any atom is 0.317 e. The van der Waals surface area contributed by atoms with E-state index in [1.165, 1.54) is 0 Å². The van der Waals surface area contributed by atoms with Gasteiger partial charge in [0.25, 0.3) is 0 Å². The third-order valence-corrected chi connectivity index (χ3v) is 3.74. The van der Waals surface area contributed by atoms with E-state index in [1.54, 1.807) is 11.0 Å². The van der Waals surface area contributed by atoms with Gasteiger partial charge in [-0.15, -0.1) is 0 Å². The molecule has 1 aromatic carbocycles. The fourth-order valence-electron chi connectivity index (χ4n) is 1.74. The van der Waals surface area contributed by atoms with Crippen molar-refractivity contribution in [3.8, 4) is 0 Å². The van der Waals surface area contributed by atoms with Gasteiger partial charge in [-0.2, -0.15) is 0 Å². The lowest BCUT2D eigenvalue weighted by atomic mass is 10.2. The molecule has 0 heterocycles. The van der Waals surface area contributed by atoms with Crippen LogP contribution in [0.15, 0.2) is 28.7 Å². The smallest absolute Gasteiger partial charge is 0.317 e. The number of nitrogens with zero attached hydrogens (tertiary/aromatic N) is 1. The second-order valence-corrected chi connectivity index (χ2v) is 5.44. The van der Waals surface area contributed by atoms with E-state index in [1.807, 2.05) is 32.0 Å². The normalized spacial score (nSPS) is 12.2. The Labute approximate surface area is 127 Å². The van der Waals surface area contributed by atoms with Crippen molar-refractivity contribution in [1.82, 2.24) is 4.90 Å². The molecule has 20 heavy (non-hydrogen) atoms. The van der Waals surface area contributed by atoms with Crippen molar-refractivity contribution < 1.29 is 14.7 Å². The van der Waals surface area contributed by atoms with Crippen molar-refractivity contribution in [2.24, 2.45) is 0 Å². The minimum Gasteiger partial charge on any atom is -0.480 e. The Morgan fingerprint density at radius 2 is 2.00 bits per heavy atom. The molecule has 1 aromatic rings. The lowest BCUT2D eigenvalue weighted by Crippen LogP contribution is -2.42. The highest BCUT2D eigenvalue weighted by molar-refractivity contribution is 9.10. The summed E-state index contributed by atoms with van der Waals surface area (Å²) < 4.78 is 0.793. The third-order valence-electron chi connectivity index (χ3n) is 3.05. The molecule has 5 nitrogen and oxygen atoms in total. The summed E-state index contributed by atoms with van der Waals surface area (Å²) in [7, 11) is 0.